The fourth-order valence-electron chi connectivity index (χ4n) is 4.82. The number of nitrogens with two attached hydrogens (primary N) is 1. The molecule has 2 unspecified atom stereocenters. The van der Waals surface area contributed by atoms with Crippen molar-refractivity contribution in [2.24, 2.45) is 5.73 Å². The van der Waals surface area contributed by atoms with Gasteiger partial charge in [-0.25, -0.2) is 4.79 Å². The van der Waals surface area contributed by atoms with E-state index in [1.165, 1.54) is 67.6 Å². The summed E-state index contributed by atoms with van der Waals surface area (Å²) in [7, 11) is 0. The number of carbonyl (C=O) groups excluding carboxylic acids is 6. The van der Waals surface area contributed by atoms with Crippen LogP contribution in [0.1, 0.15) is 65.4 Å². The molecule has 4 aromatic rings. The Hall–Kier alpha value is -5.95. The van der Waals surface area contributed by atoms with Crippen molar-refractivity contribution in [2.45, 2.75) is 25.1 Å². The van der Waals surface area contributed by atoms with Gasteiger partial charge >= 0.3 is 12.1 Å². The van der Waals surface area contributed by atoms with Crippen LogP contribution in [-0.4, -0.2) is 65.5 Å². The molecule has 0 fully saturated rings. The summed E-state index contributed by atoms with van der Waals surface area (Å²) >= 11 is 0. The Morgan fingerprint density at radius 1 is 0.735 bits per heavy atom. The molecule has 0 bridgehead atoms. The molecule has 0 radical (unpaired) electrons. The van der Waals surface area contributed by atoms with Crippen molar-refractivity contribution < 1.29 is 46.8 Å². The highest BCUT2D eigenvalue weighted by molar-refractivity contribution is 6.10. The van der Waals surface area contributed by atoms with Gasteiger partial charge in [-0.05, 0) is 24.6 Å². The Bertz CT molecular complexity index is 1850. The van der Waals surface area contributed by atoms with Crippen molar-refractivity contribution >= 4 is 35.1 Å². The van der Waals surface area contributed by atoms with E-state index in [0.29, 0.717) is 5.56 Å². The van der Waals surface area contributed by atoms with Crippen LogP contribution in [-0.2, 0) is 14.4 Å². The van der Waals surface area contributed by atoms with E-state index in [0.717, 1.165) is 0 Å². The molecule has 10 nitrogen and oxygen atoms in total. The SMILES string of the molecule is CC(=O)c1cccc(C(=O)NCCN(OC(=O)C(F)(F)F)C(=O)C(N)C(C(=O)c2ccc(C(=O)c3ccccc3)cc2)c2ccccc2)c1. The summed E-state index contributed by atoms with van der Waals surface area (Å²) in [5, 5.41) is 2.44. The lowest BCUT2D eigenvalue weighted by molar-refractivity contribution is -0.237. The maximum atomic E-state index is 13.9. The third-order valence-electron chi connectivity index (χ3n) is 7.36. The van der Waals surface area contributed by atoms with Gasteiger partial charge in [0.1, 0.15) is 6.04 Å². The fraction of sp³-hybridized carbons (Fsp3) is 0.167. The van der Waals surface area contributed by atoms with Crippen molar-refractivity contribution in [1.82, 2.24) is 10.4 Å². The zero-order chi connectivity index (χ0) is 35.7. The number of hydrogen-bond acceptors (Lipinski definition) is 8. The van der Waals surface area contributed by atoms with Crippen molar-refractivity contribution in [3.63, 3.8) is 0 Å². The van der Waals surface area contributed by atoms with E-state index in [4.69, 9.17) is 5.73 Å². The average Bonchev–Trinajstić information content (AvgIpc) is 3.11. The predicted octanol–water partition coefficient (Wildman–Crippen LogP) is 4.69. The van der Waals surface area contributed by atoms with Crippen LogP contribution in [0.3, 0.4) is 0 Å². The quantitative estimate of drug-likeness (QED) is 0.162. The standard InChI is InChI=1S/C36H30F3N3O7/c1-22(43)27-13-8-14-28(21-27)33(46)41-19-20-42(49-35(48)36(37,38)39)34(47)30(40)29(23-9-4-2-5-10-23)32(45)26-17-15-25(16-18-26)31(44)24-11-6-3-7-12-24/h2-18,21,29-30H,19-20,40H2,1H3,(H,41,46). The van der Waals surface area contributed by atoms with Gasteiger partial charge in [0.2, 0.25) is 0 Å². The Balaban J connectivity index is 1.58. The Labute approximate surface area is 278 Å². The molecule has 4 aromatic carbocycles. The lowest BCUT2D eigenvalue weighted by atomic mass is 9.84. The number of nitrogens with zero attached hydrogens (tertiary/aromatic N) is 1. The summed E-state index contributed by atoms with van der Waals surface area (Å²) < 4.78 is 39.6. The van der Waals surface area contributed by atoms with E-state index in [2.05, 4.69) is 10.2 Å². The van der Waals surface area contributed by atoms with Gasteiger partial charge < -0.3 is 15.9 Å². The van der Waals surface area contributed by atoms with Crippen molar-refractivity contribution in [2.75, 3.05) is 13.1 Å². The first-order chi connectivity index (χ1) is 23.3. The summed E-state index contributed by atoms with van der Waals surface area (Å²) in [6, 6.07) is 25.5. The van der Waals surface area contributed by atoms with Gasteiger partial charge in [-0.15, -0.1) is 0 Å². The predicted molar refractivity (Wildman–Crippen MR) is 170 cm³/mol. The average molecular weight is 674 g/mol. The maximum absolute atomic E-state index is 13.9. The number of ketones is 3. The highest BCUT2D eigenvalue weighted by Gasteiger charge is 2.45. The number of hydrogen-bond donors (Lipinski definition) is 2. The van der Waals surface area contributed by atoms with Crippen molar-refractivity contribution in [3.8, 4) is 0 Å². The number of carbonyl (C=O) groups is 6. The third kappa shape index (κ3) is 9.11. The molecule has 2 atom stereocenters. The van der Waals surface area contributed by atoms with E-state index < -0.39 is 54.8 Å². The van der Waals surface area contributed by atoms with Crippen LogP contribution >= 0.6 is 0 Å². The number of alkyl halides is 3. The molecule has 0 saturated heterocycles. The molecule has 0 heterocycles. The molecule has 0 aliphatic carbocycles. The lowest BCUT2D eigenvalue weighted by Crippen LogP contribution is -2.52. The first-order valence-corrected chi connectivity index (χ1v) is 14.8. The molecule has 4 rings (SSSR count). The number of Topliss-reactive ketones (excluding diaryl/α,β-unsaturated/α-hetero) is 2. The molecule has 2 amide bonds. The number of hydroxylamine groups is 2. The van der Waals surface area contributed by atoms with E-state index in [-0.39, 0.29) is 44.4 Å². The minimum absolute atomic E-state index is 0.0422. The van der Waals surface area contributed by atoms with Crippen LogP contribution in [0.25, 0.3) is 0 Å². The highest BCUT2D eigenvalue weighted by Crippen LogP contribution is 2.26. The summed E-state index contributed by atoms with van der Waals surface area (Å²) in [5.41, 5.74) is 7.55. The number of rotatable bonds is 12. The van der Waals surface area contributed by atoms with Crippen LogP contribution in [0.4, 0.5) is 13.2 Å². The monoisotopic (exact) mass is 673 g/mol. The van der Waals surface area contributed by atoms with Gasteiger partial charge in [0.15, 0.2) is 17.3 Å². The van der Waals surface area contributed by atoms with Gasteiger partial charge in [-0.3, -0.25) is 24.0 Å². The summed E-state index contributed by atoms with van der Waals surface area (Å²) in [4.78, 5) is 80.9. The van der Waals surface area contributed by atoms with Gasteiger partial charge in [-0.2, -0.15) is 18.2 Å². The first kappa shape index (κ1) is 35.9. The largest absolute Gasteiger partial charge is 0.493 e. The van der Waals surface area contributed by atoms with Crippen molar-refractivity contribution in [3.05, 3.63) is 143 Å². The number of benzene rings is 4. The summed E-state index contributed by atoms with van der Waals surface area (Å²) in [6.45, 7) is 0.0142. The highest BCUT2D eigenvalue weighted by atomic mass is 19.4. The zero-order valence-corrected chi connectivity index (χ0v) is 26.0. The second-order valence-corrected chi connectivity index (χ2v) is 10.8. The minimum Gasteiger partial charge on any atom is -0.350 e. The van der Waals surface area contributed by atoms with Gasteiger partial charge in [0.25, 0.3) is 11.8 Å². The van der Waals surface area contributed by atoms with Crippen LogP contribution in [0.2, 0.25) is 0 Å². The molecule has 49 heavy (non-hydrogen) atoms. The zero-order valence-electron chi connectivity index (χ0n) is 26.0. The Morgan fingerprint density at radius 2 is 1.27 bits per heavy atom. The number of halogens is 3. The van der Waals surface area contributed by atoms with Crippen LogP contribution in [0.5, 0.6) is 0 Å². The molecule has 0 saturated carbocycles. The van der Waals surface area contributed by atoms with E-state index in [9.17, 15) is 41.9 Å². The van der Waals surface area contributed by atoms with Gasteiger partial charge in [0.05, 0.1) is 12.5 Å². The van der Waals surface area contributed by atoms with Gasteiger partial charge in [-0.1, -0.05) is 97.1 Å². The Kier molecular flexibility index (Phi) is 11.5. The van der Waals surface area contributed by atoms with E-state index in [1.807, 2.05) is 0 Å². The smallest absolute Gasteiger partial charge is 0.350 e. The summed E-state index contributed by atoms with van der Waals surface area (Å²) in [5.74, 6) is -7.59. The molecular weight excluding hydrogens is 643 g/mol. The van der Waals surface area contributed by atoms with Gasteiger partial charge in [0, 0.05) is 34.4 Å². The van der Waals surface area contributed by atoms with E-state index >= 15 is 0 Å². The van der Waals surface area contributed by atoms with E-state index in [1.54, 1.807) is 48.5 Å². The van der Waals surface area contributed by atoms with Crippen LogP contribution in [0.15, 0.2) is 109 Å². The number of nitrogens with one attached hydrogen (secondary N) is 1. The minimum atomic E-state index is -5.49. The normalized spacial score (nSPS) is 12.3. The van der Waals surface area contributed by atoms with Crippen LogP contribution in [0, 0.1) is 0 Å². The third-order valence-corrected chi connectivity index (χ3v) is 7.36. The fourth-order valence-corrected chi connectivity index (χ4v) is 4.82. The first-order valence-electron chi connectivity index (χ1n) is 14.8. The Morgan fingerprint density at radius 3 is 1.86 bits per heavy atom. The number of amides is 2. The van der Waals surface area contributed by atoms with Crippen LogP contribution < -0.4 is 11.1 Å². The molecular formula is C36H30F3N3O7. The molecule has 0 spiro atoms. The molecule has 0 aliphatic rings. The second kappa shape index (κ2) is 15.8. The maximum Gasteiger partial charge on any atom is 0.493 e. The molecule has 13 heteroatoms. The summed E-state index contributed by atoms with van der Waals surface area (Å²) in [6.07, 6.45) is -5.49. The molecule has 3 N–H and O–H groups in total. The molecule has 0 aliphatic heterocycles. The second-order valence-electron chi connectivity index (χ2n) is 10.8. The van der Waals surface area contributed by atoms with Crippen molar-refractivity contribution in [1.29, 1.82) is 0 Å². The molecule has 0 aromatic heterocycles. The molecule has 252 valence electrons. The lowest BCUT2D eigenvalue weighted by Gasteiger charge is -2.28. The topological polar surface area (TPSA) is 153 Å².